The van der Waals surface area contributed by atoms with Crippen molar-refractivity contribution in [2.75, 3.05) is 5.73 Å². The summed E-state index contributed by atoms with van der Waals surface area (Å²) < 4.78 is 0. The summed E-state index contributed by atoms with van der Waals surface area (Å²) in [7, 11) is 0. The number of nitrogens with two attached hydrogens (primary N) is 1. The van der Waals surface area contributed by atoms with E-state index in [-0.39, 0.29) is 0 Å². The summed E-state index contributed by atoms with van der Waals surface area (Å²) in [6.07, 6.45) is 2.93. The SMILES string of the molecule is CC1(C)C[C@H]1c1cc(Cl)cc(Cl)c1.Cc1cnc(N)[nH]1. The topological polar surface area (TPSA) is 54.7 Å². The first kappa shape index (κ1) is 15.2. The van der Waals surface area contributed by atoms with Crippen LogP contribution in [0.1, 0.15) is 37.4 Å². The average molecular weight is 312 g/mol. The minimum atomic E-state index is 0.439. The Kier molecular flexibility index (Phi) is 4.31. The molecule has 0 unspecified atom stereocenters. The molecule has 5 heteroatoms. The lowest BCUT2D eigenvalue weighted by Crippen LogP contribution is -1.89. The number of halogens is 2. The van der Waals surface area contributed by atoms with Gasteiger partial charge in [-0.25, -0.2) is 4.98 Å². The van der Waals surface area contributed by atoms with Crippen LogP contribution in [0.4, 0.5) is 5.95 Å². The fourth-order valence-corrected chi connectivity index (χ4v) is 2.79. The maximum atomic E-state index is 5.93. The average Bonchev–Trinajstić information content (AvgIpc) is 2.79. The molecule has 0 spiro atoms. The van der Waals surface area contributed by atoms with Crippen molar-refractivity contribution in [3.05, 3.63) is 45.7 Å². The highest BCUT2D eigenvalue weighted by Crippen LogP contribution is 2.58. The molecule has 0 aliphatic heterocycles. The molecule has 3 rings (SSSR count). The second-order valence-electron chi connectivity index (χ2n) is 5.90. The molecule has 1 aliphatic carbocycles. The lowest BCUT2D eigenvalue weighted by molar-refractivity contribution is 0.622. The van der Waals surface area contributed by atoms with E-state index in [9.17, 15) is 0 Å². The summed E-state index contributed by atoms with van der Waals surface area (Å²) in [6, 6.07) is 5.82. The zero-order valence-corrected chi connectivity index (χ0v) is 13.4. The largest absolute Gasteiger partial charge is 0.369 e. The van der Waals surface area contributed by atoms with Crippen molar-refractivity contribution in [3.8, 4) is 0 Å². The Morgan fingerprint density at radius 3 is 2.10 bits per heavy atom. The van der Waals surface area contributed by atoms with E-state index in [0.29, 0.717) is 17.3 Å². The lowest BCUT2D eigenvalue weighted by atomic mass is 10.0. The van der Waals surface area contributed by atoms with Crippen LogP contribution < -0.4 is 5.73 Å². The van der Waals surface area contributed by atoms with Crippen LogP contribution in [0.3, 0.4) is 0 Å². The van der Waals surface area contributed by atoms with Crippen LogP contribution in [-0.2, 0) is 0 Å². The van der Waals surface area contributed by atoms with Crippen molar-refractivity contribution in [2.24, 2.45) is 5.41 Å². The molecular formula is C15H19Cl2N3. The highest BCUT2D eigenvalue weighted by Gasteiger charge is 2.46. The minimum Gasteiger partial charge on any atom is -0.369 e. The first-order valence-electron chi connectivity index (χ1n) is 6.51. The van der Waals surface area contributed by atoms with E-state index in [2.05, 4.69) is 23.8 Å². The predicted molar refractivity (Wildman–Crippen MR) is 85.3 cm³/mol. The number of aromatic amines is 1. The lowest BCUT2D eigenvalue weighted by Gasteiger charge is -2.04. The third-order valence-corrected chi connectivity index (χ3v) is 3.96. The second kappa shape index (κ2) is 5.66. The first-order chi connectivity index (χ1) is 9.28. The number of nitrogens with one attached hydrogen (secondary N) is 1. The van der Waals surface area contributed by atoms with Gasteiger partial charge in [-0.1, -0.05) is 37.0 Å². The second-order valence-corrected chi connectivity index (χ2v) is 6.77. The summed E-state index contributed by atoms with van der Waals surface area (Å²) in [5, 5.41) is 1.48. The van der Waals surface area contributed by atoms with Gasteiger partial charge in [-0.2, -0.15) is 0 Å². The monoisotopic (exact) mass is 311 g/mol. The van der Waals surface area contributed by atoms with Crippen molar-refractivity contribution < 1.29 is 0 Å². The van der Waals surface area contributed by atoms with E-state index >= 15 is 0 Å². The quantitative estimate of drug-likeness (QED) is 0.794. The molecule has 3 nitrogen and oxygen atoms in total. The normalized spacial score (nSPS) is 19.1. The standard InChI is InChI=1S/C11H12Cl2.C4H7N3/c1-11(2)6-10(11)7-3-8(12)5-9(13)4-7;1-3-2-6-4(5)7-3/h3-5,10H,6H2,1-2H3;2H,1H3,(H3,5,6,7)/t10-;/m0./s1. The van der Waals surface area contributed by atoms with Crippen LogP contribution in [0.25, 0.3) is 0 Å². The number of rotatable bonds is 1. The van der Waals surface area contributed by atoms with Crippen LogP contribution in [0.15, 0.2) is 24.4 Å². The highest BCUT2D eigenvalue weighted by molar-refractivity contribution is 6.34. The molecule has 1 heterocycles. The molecule has 0 bridgehead atoms. The molecule has 3 N–H and O–H groups in total. The van der Waals surface area contributed by atoms with Crippen LogP contribution in [0.5, 0.6) is 0 Å². The van der Waals surface area contributed by atoms with Gasteiger partial charge in [-0.3, -0.25) is 0 Å². The first-order valence-corrected chi connectivity index (χ1v) is 7.26. The van der Waals surface area contributed by atoms with Crippen LogP contribution in [0.2, 0.25) is 10.0 Å². The number of nitrogen functional groups attached to an aromatic ring is 1. The Balaban J connectivity index is 0.000000178. The number of benzene rings is 1. The maximum absolute atomic E-state index is 5.93. The van der Waals surface area contributed by atoms with Crippen LogP contribution >= 0.6 is 23.2 Å². The van der Waals surface area contributed by atoms with Gasteiger partial charge >= 0.3 is 0 Å². The van der Waals surface area contributed by atoms with Crippen molar-refractivity contribution in [1.29, 1.82) is 0 Å². The molecular weight excluding hydrogens is 293 g/mol. The molecule has 0 radical (unpaired) electrons. The van der Waals surface area contributed by atoms with Crippen molar-refractivity contribution in [1.82, 2.24) is 9.97 Å². The van der Waals surface area contributed by atoms with Crippen LogP contribution in [-0.4, -0.2) is 9.97 Å². The third kappa shape index (κ3) is 3.90. The number of hydrogen-bond acceptors (Lipinski definition) is 2. The van der Waals surface area contributed by atoms with Gasteiger partial charge in [0.25, 0.3) is 0 Å². The van der Waals surface area contributed by atoms with Gasteiger partial charge in [0.2, 0.25) is 0 Å². The van der Waals surface area contributed by atoms with E-state index < -0.39 is 0 Å². The van der Waals surface area contributed by atoms with E-state index in [1.54, 1.807) is 12.3 Å². The van der Waals surface area contributed by atoms with Gasteiger partial charge in [-0.05, 0) is 48.4 Å². The molecule has 1 saturated carbocycles. The minimum absolute atomic E-state index is 0.439. The third-order valence-electron chi connectivity index (χ3n) is 3.52. The summed E-state index contributed by atoms with van der Waals surface area (Å²) in [4.78, 5) is 6.54. The highest BCUT2D eigenvalue weighted by atomic mass is 35.5. The zero-order chi connectivity index (χ0) is 14.9. The number of anilines is 1. The van der Waals surface area contributed by atoms with Crippen molar-refractivity contribution in [2.45, 2.75) is 33.1 Å². The van der Waals surface area contributed by atoms with E-state index in [1.165, 1.54) is 12.0 Å². The fraction of sp³-hybridized carbons (Fsp3) is 0.400. The molecule has 0 saturated heterocycles. The number of hydrogen-bond donors (Lipinski definition) is 2. The van der Waals surface area contributed by atoms with E-state index in [4.69, 9.17) is 28.9 Å². The summed E-state index contributed by atoms with van der Waals surface area (Å²) in [5.41, 5.74) is 7.93. The number of nitrogens with zero attached hydrogens (tertiary/aromatic N) is 1. The number of aryl methyl sites for hydroxylation is 1. The molecule has 1 aliphatic rings. The molecule has 1 aromatic carbocycles. The molecule has 2 aromatic rings. The maximum Gasteiger partial charge on any atom is 0.197 e. The smallest absolute Gasteiger partial charge is 0.197 e. The summed E-state index contributed by atoms with van der Waals surface area (Å²) in [5.74, 6) is 1.13. The molecule has 0 amide bonds. The van der Waals surface area contributed by atoms with Gasteiger partial charge in [0.05, 0.1) is 0 Å². The number of imidazole rings is 1. The van der Waals surface area contributed by atoms with Gasteiger partial charge in [0, 0.05) is 21.9 Å². The van der Waals surface area contributed by atoms with Crippen molar-refractivity contribution in [3.63, 3.8) is 0 Å². The molecule has 1 fully saturated rings. The van der Waals surface area contributed by atoms with E-state index in [0.717, 1.165) is 15.7 Å². The molecule has 1 atom stereocenters. The summed E-state index contributed by atoms with van der Waals surface area (Å²) >= 11 is 11.9. The number of aromatic nitrogens is 2. The number of H-pyrrole nitrogens is 1. The van der Waals surface area contributed by atoms with E-state index in [1.807, 2.05) is 19.1 Å². The molecule has 108 valence electrons. The van der Waals surface area contributed by atoms with Gasteiger partial charge < -0.3 is 10.7 Å². The van der Waals surface area contributed by atoms with Crippen LogP contribution in [0, 0.1) is 12.3 Å². The Morgan fingerprint density at radius 1 is 1.25 bits per heavy atom. The molecule has 20 heavy (non-hydrogen) atoms. The Hall–Kier alpha value is -1.19. The van der Waals surface area contributed by atoms with Crippen molar-refractivity contribution >= 4 is 29.2 Å². The Labute approximate surface area is 129 Å². The fourth-order valence-electron chi connectivity index (χ4n) is 2.25. The van der Waals surface area contributed by atoms with Gasteiger partial charge in [-0.15, -0.1) is 0 Å². The Morgan fingerprint density at radius 2 is 1.80 bits per heavy atom. The predicted octanol–water partition coefficient (Wildman–Crippen LogP) is 4.81. The van der Waals surface area contributed by atoms with Gasteiger partial charge in [0.1, 0.15) is 0 Å². The molecule has 1 aromatic heterocycles. The van der Waals surface area contributed by atoms with Gasteiger partial charge in [0.15, 0.2) is 5.95 Å². The zero-order valence-electron chi connectivity index (χ0n) is 11.9. The summed E-state index contributed by atoms with van der Waals surface area (Å²) in [6.45, 7) is 6.45. The Bertz CT molecular complexity index is 568.